The highest BCUT2D eigenvalue weighted by Gasteiger charge is 2.34. The first-order chi connectivity index (χ1) is 17.8. The zero-order valence-electron chi connectivity index (χ0n) is 21.8. The third-order valence-electron chi connectivity index (χ3n) is 8.53. The zero-order chi connectivity index (χ0) is 26.0. The topological polar surface area (TPSA) is 86.9 Å². The van der Waals surface area contributed by atoms with Crippen LogP contribution >= 0.6 is 11.6 Å². The summed E-state index contributed by atoms with van der Waals surface area (Å²) in [7, 11) is 0. The lowest BCUT2D eigenvalue weighted by molar-refractivity contribution is -0.132. The van der Waals surface area contributed by atoms with Gasteiger partial charge in [-0.3, -0.25) is 9.59 Å². The number of benzene rings is 2. The van der Waals surface area contributed by atoms with Gasteiger partial charge in [0.1, 0.15) is 0 Å². The molecule has 7 heteroatoms. The van der Waals surface area contributed by atoms with Crippen LogP contribution in [0.25, 0.3) is 11.0 Å². The molecule has 3 aromatic rings. The number of carbonyl (C=O) groups excluding carboxylic acids is 2. The van der Waals surface area contributed by atoms with Crippen molar-refractivity contribution in [1.82, 2.24) is 15.3 Å². The molecule has 2 fully saturated rings. The Bertz CT molecular complexity index is 1290. The van der Waals surface area contributed by atoms with Gasteiger partial charge in [-0.25, -0.2) is 4.98 Å². The normalized spacial score (nSPS) is 18.6. The number of hydrogen-bond acceptors (Lipinski definition) is 4. The van der Waals surface area contributed by atoms with Crippen LogP contribution < -0.4 is 10.6 Å². The molecule has 2 aliphatic rings. The summed E-state index contributed by atoms with van der Waals surface area (Å²) < 4.78 is 0. The number of imidazole rings is 1. The monoisotopic (exact) mass is 520 g/mol. The number of aromatic amines is 1. The van der Waals surface area contributed by atoms with Crippen molar-refractivity contribution >= 4 is 46.0 Å². The predicted octanol–water partition coefficient (Wildman–Crippen LogP) is 7.56. The largest absolute Gasteiger partial charge is 0.352 e. The van der Waals surface area contributed by atoms with Crippen molar-refractivity contribution in [1.29, 1.82) is 0 Å². The van der Waals surface area contributed by atoms with Crippen LogP contribution in [0.3, 0.4) is 0 Å². The SMILES string of the molecule is CC(C(=O)c1ccc2nc(Nc3cc(CNC(=O)C4(C)CCCCC4)ccc3Cl)[nH]c2c1)C1CCCC1. The minimum absolute atomic E-state index is 0.0446. The lowest BCUT2D eigenvalue weighted by atomic mass is 9.75. The summed E-state index contributed by atoms with van der Waals surface area (Å²) in [5, 5.41) is 6.97. The standard InChI is InChI=1S/C30H37ClN4O2/c1-19(21-8-4-5-9-21)27(36)22-11-13-24-26(17-22)35-29(33-24)34-25-16-20(10-12-23(25)31)18-32-28(37)30(2)14-6-3-7-15-30/h10-13,16-17,19,21H,3-9,14-15,18H2,1-2H3,(H,32,37)(H2,33,34,35). The second-order valence-corrected chi connectivity index (χ2v) is 11.7. The maximum atomic E-state index is 13.1. The molecule has 1 unspecified atom stereocenters. The molecule has 6 nitrogen and oxygen atoms in total. The Labute approximate surface area is 224 Å². The highest BCUT2D eigenvalue weighted by Crippen LogP contribution is 2.36. The molecular formula is C30H37ClN4O2. The molecule has 1 aromatic heterocycles. The van der Waals surface area contributed by atoms with E-state index in [0.717, 1.165) is 60.7 Å². The number of aromatic nitrogens is 2. The molecule has 1 heterocycles. The highest BCUT2D eigenvalue weighted by molar-refractivity contribution is 6.33. The molecule has 1 amide bonds. The Hall–Kier alpha value is -2.86. The van der Waals surface area contributed by atoms with E-state index < -0.39 is 0 Å². The van der Waals surface area contributed by atoms with Crippen molar-refractivity contribution in [3.05, 3.63) is 52.5 Å². The molecule has 0 radical (unpaired) electrons. The average Bonchev–Trinajstić information content (AvgIpc) is 3.58. The molecule has 196 valence electrons. The zero-order valence-corrected chi connectivity index (χ0v) is 22.6. The van der Waals surface area contributed by atoms with Gasteiger partial charge in [0.2, 0.25) is 11.9 Å². The lowest BCUT2D eigenvalue weighted by Gasteiger charge is -2.32. The van der Waals surface area contributed by atoms with E-state index in [1.165, 1.54) is 19.3 Å². The number of ketones is 1. The van der Waals surface area contributed by atoms with Gasteiger partial charge in [0.05, 0.1) is 21.7 Å². The minimum Gasteiger partial charge on any atom is -0.352 e. The summed E-state index contributed by atoms with van der Waals surface area (Å²) in [5.74, 6) is 1.43. The summed E-state index contributed by atoms with van der Waals surface area (Å²) in [6.45, 7) is 4.59. The smallest absolute Gasteiger partial charge is 0.226 e. The van der Waals surface area contributed by atoms with E-state index in [9.17, 15) is 9.59 Å². The van der Waals surface area contributed by atoms with Crippen molar-refractivity contribution in [2.45, 2.75) is 78.2 Å². The summed E-state index contributed by atoms with van der Waals surface area (Å²) in [4.78, 5) is 33.9. The molecule has 0 saturated heterocycles. The number of fused-ring (bicyclic) bond motifs is 1. The first kappa shape index (κ1) is 25.8. The van der Waals surface area contributed by atoms with Crippen LogP contribution in [-0.4, -0.2) is 21.7 Å². The maximum Gasteiger partial charge on any atom is 0.226 e. The predicted molar refractivity (Wildman–Crippen MR) is 149 cm³/mol. The number of Topliss-reactive ketones (excluding diaryl/α,β-unsaturated/α-hetero) is 1. The van der Waals surface area contributed by atoms with E-state index in [1.54, 1.807) is 0 Å². The van der Waals surface area contributed by atoms with E-state index in [0.29, 0.717) is 29.1 Å². The van der Waals surface area contributed by atoms with E-state index >= 15 is 0 Å². The second-order valence-electron chi connectivity index (χ2n) is 11.3. The Morgan fingerprint density at radius 3 is 2.59 bits per heavy atom. The number of nitrogens with one attached hydrogen (secondary N) is 3. The van der Waals surface area contributed by atoms with Gasteiger partial charge in [-0.2, -0.15) is 0 Å². The summed E-state index contributed by atoms with van der Waals surface area (Å²) in [5.41, 5.74) is 3.73. The molecule has 0 spiro atoms. The molecule has 5 rings (SSSR count). The Morgan fingerprint density at radius 1 is 1.08 bits per heavy atom. The summed E-state index contributed by atoms with van der Waals surface area (Å²) in [6.07, 6.45) is 10.1. The van der Waals surface area contributed by atoms with E-state index in [-0.39, 0.29) is 23.0 Å². The van der Waals surface area contributed by atoms with Crippen molar-refractivity contribution in [3.63, 3.8) is 0 Å². The van der Waals surface area contributed by atoms with Gasteiger partial charge in [-0.1, -0.05) is 63.6 Å². The second kappa shape index (κ2) is 10.9. The molecule has 2 aliphatic carbocycles. The quantitative estimate of drug-likeness (QED) is 0.267. The van der Waals surface area contributed by atoms with Gasteiger partial charge in [0, 0.05) is 23.4 Å². The number of rotatable bonds is 8. The van der Waals surface area contributed by atoms with Gasteiger partial charge in [0.15, 0.2) is 5.78 Å². The first-order valence-corrected chi connectivity index (χ1v) is 14.1. The molecule has 3 N–H and O–H groups in total. The van der Waals surface area contributed by atoms with Crippen LogP contribution in [0.1, 0.15) is 87.6 Å². The van der Waals surface area contributed by atoms with Gasteiger partial charge in [0.25, 0.3) is 0 Å². The Kier molecular flexibility index (Phi) is 7.57. The number of nitrogens with zero attached hydrogens (tertiary/aromatic N) is 1. The fraction of sp³-hybridized carbons (Fsp3) is 0.500. The van der Waals surface area contributed by atoms with Crippen LogP contribution in [0.4, 0.5) is 11.6 Å². The van der Waals surface area contributed by atoms with Gasteiger partial charge in [-0.15, -0.1) is 0 Å². The minimum atomic E-state index is -0.269. The van der Waals surface area contributed by atoms with Crippen LogP contribution in [-0.2, 0) is 11.3 Å². The van der Waals surface area contributed by atoms with Gasteiger partial charge < -0.3 is 15.6 Å². The summed E-state index contributed by atoms with van der Waals surface area (Å²) in [6, 6.07) is 11.4. The molecule has 0 aliphatic heterocycles. The molecule has 1 atom stereocenters. The third-order valence-corrected chi connectivity index (χ3v) is 8.86. The van der Waals surface area contributed by atoms with Crippen molar-refractivity contribution < 1.29 is 9.59 Å². The van der Waals surface area contributed by atoms with E-state index in [1.807, 2.05) is 36.4 Å². The van der Waals surface area contributed by atoms with Crippen LogP contribution in [0.2, 0.25) is 5.02 Å². The van der Waals surface area contributed by atoms with E-state index in [4.69, 9.17) is 11.6 Å². The number of H-pyrrole nitrogens is 1. The summed E-state index contributed by atoms with van der Waals surface area (Å²) >= 11 is 6.48. The number of halogens is 1. The van der Waals surface area contributed by atoms with Crippen molar-refractivity contribution in [3.8, 4) is 0 Å². The molecule has 2 aromatic carbocycles. The average molecular weight is 521 g/mol. The Morgan fingerprint density at radius 2 is 1.84 bits per heavy atom. The van der Waals surface area contributed by atoms with E-state index in [2.05, 4.69) is 34.4 Å². The lowest BCUT2D eigenvalue weighted by Crippen LogP contribution is -2.39. The van der Waals surface area contributed by atoms with Crippen molar-refractivity contribution in [2.24, 2.45) is 17.3 Å². The molecule has 2 saturated carbocycles. The number of carbonyl (C=O) groups is 2. The fourth-order valence-electron chi connectivity index (χ4n) is 6.02. The fourth-order valence-corrected chi connectivity index (χ4v) is 6.18. The van der Waals surface area contributed by atoms with Gasteiger partial charge in [-0.05, 0) is 67.5 Å². The molecule has 0 bridgehead atoms. The maximum absolute atomic E-state index is 13.1. The van der Waals surface area contributed by atoms with Crippen molar-refractivity contribution in [2.75, 3.05) is 5.32 Å². The first-order valence-electron chi connectivity index (χ1n) is 13.7. The van der Waals surface area contributed by atoms with Crippen LogP contribution in [0, 0.1) is 17.3 Å². The van der Waals surface area contributed by atoms with Crippen LogP contribution in [0.15, 0.2) is 36.4 Å². The number of amides is 1. The van der Waals surface area contributed by atoms with Crippen LogP contribution in [0.5, 0.6) is 0 Å². The molecular weight excluding hydrogens is 484 g/mol. The van der Waals surface area contributed by atoms with Gasteiger partial charge >= 0.3 is 0 Å². The molecule has 37 heavy (non-hydrogen) atoms. The highest BCUT2D eigenvalue weighted by atomic mass is 35.5. The third kappa shape index (κ3) is 5.69. The number of hydrogen-bond donors (Lipinski definition) is 3. The Balaban J connectivity index is 1.27. The number of anilines is 2.